The maximum atomic E-state index is 12.9. The van der Waals surface area contributed by atoms with Gasteiger partial charge < -0.3 is 15.1 Å². The lowest BCUT2D eigenvalue weighted by Crippen LogP contribution is -2.47. The molecule has 3 heterocycles. The van der Waals surface area contributed by atoms with Gasteiger partial charge in [0.05, 0.1) is 28.5 Å². The van der Waals surface area contributed by atoms with E-state index in [2.05, 4.69) is 11.4 Å². The molecule has 8 heteroatoms. The number of amides is 2. The topological polar surface area (TPSA) is 62.5 Å². The van der Waals surface area contributed by atoms with Crippen LogP contribution in [0.3, 0.4) is 0 Å². The molecule has 142 valence electrons. The molecular formula is C19H23N5O2S. The molecule has 0 unspecified atom stereocenters. The maximum absolute atomic E-state index is 12.9. The molecule has 1 fully saturated rings. The minimum atomic E-state index is -0.108. The van der Waals surface area contributed by atoms with Crippen LogP contribution in [-0.4, -0.2) is 40.7 Å². The average Bonchev–Trinajstić information content (AvgIpc) is 3.17. The molecule has 0 spiro atoms. The predicted molar refractivity (Wildman–Crippen MR) is 110 cm³/mol. The molecule has 2 amide bonds. The maximum Gasteiger partial charge on any atom is 0.328 e. The summed E-state index contributed by atoms with van der Waals surface area (Å²) >= 11 is 1.68. The van der Waals surface area contributed by atoms with Crippen molar-refractivity contribution in [1.29, 1.82) is 0 Å². The smallest absolute Gasteiger partial charge is 0.328 e. The first-order valence-electron chi connectivity index (χ1n) is 8.86. The van der Waals surface area contributed by atoms with Crippen LogP contribution in [0.4, 0.5) is 16.2 Å². The van der Waals surface area contributed by atoms with Crippen LogP contribution in [-0.2, 0) is 14.1 Å². The number of anilines is 2. The summed E-state index contributed by atoms with van der Waals surface area (Å²) in [6.07, 6.45) is 0.987. The number of imidazole rings is 1. The van der Waals surface area contributed by atoms with E-state index in [-0.39, 0.29) is 17.8 Å². The number of aryl methyl sites for hydroxylation is 2. The quantitative estimate of drug-likeness (QED) is 0.754. The van der Waals surface area contributed by atoms with Gasteiger partial charge in [-0.25, -0.2) is 9.59 Å². The molecule has 27 heavy (non-hydrogen) atoms. The number of hydrogen-bond acceptors (Lipinski definition) is 4. The van der Waals surface area contributed by atoms with E-state index in [1.165, 1.54) is 4.88 Å². The highest BCUT2D eigenvalue weighted by atomic mass is 32.1. The number of hydrogen-bond donors (Lipinski definition) is 1. The standard InChI is InChI=1S/C19H23N5O2S/c1-21(2)14-11-16-15(22(3)19(26)23(16)4)10-12(14)20-18(25)24-8-7-13(24)17-6-5-9-27-17/h5-6,9-11,13H,7-8H2,1-4H3,(H,20,25)/t13-/m1/s1. The van der Waals surface area contributed by atoms with Crippen molar-refractivity contribution in [2.75, 3.05) is 30.9 Å². The van der Waals surface area contributed by atoms with Gasteiger partial charge in [-0.15, -0.1) is 11.3 Å². The van der Waals surface area contributed by atoms with Gasteiger partial charge in [-0.05, 0) is 30.0 Å². The first kappa shape index (κ1) is 17.7. The number of nitrogens with one attached hydrogen (secondary N) is 1. The van der Waals surface area contributed by atoms with Crippen molar-refractivity contribution >= 4 is 39.8 Å². The normalized spacial score (nSPS) is 16.4. The van der Waals surface area contributed by atoms with Gasteiger partial charge in [0.25, 0.3) is 0 Å². The first-order valence-corrected chi connectivity index (χ1v) is 9.74. The molecule has 0 radical (unpaired) electrons. The van der Waals surface area contributed by atoms with Crippen LogP contribution in [0, 0.1) is 0 Å². The van der Waals surface area contributed by atoms with Crippen LogP contribution in [0.15, 0.2) is 34.4 Å². The fourth-order valence-electron chi connectivity index (χ4n) is 3.60. The fraction of sp³-hybridized carbons (Fsp3) is 0.368. The largest absolute Gasteiger partial charge is 0.376 e. The van der Waals surface area contributed by atoms with E-state index >= 15 is 0 Å². The molecule has 1 aliphatic rings. The minimum absolute atomic E-state index is 0.0846. The number of aromatic nitrogens is 2. The molecule has 1 aliphatic heterocycles. The molecule has 1 aromatic carbocycles. The number of benzene rings is 1. The molecule has 4 rings (SSSR count). The third-order valence-corrected chi connectivity index (χ3v) is 6.24. The van der Waals surface area contributed by atoms with Crippen molar-refractivity contribution < 1.29 is 4.79 Å². The summed E-state index contributed by atoms with van der Waals surface area (Å²) in [5.41, 5.74) is 3.12. The molecule has 0 aliphatic carbocycles. The van der Waals surface area contributed by atoms with Crippen LogP contribution in [0.25, 0.3) is 11.0 Å². The van der Waals surface area contributed by atoms with E-state index in [1.807, 2.05) is 47.5 Å². The van der Waals surface area contributed by atoms with Gasteiger partial charge >= 0.3 is 11.7 Å². The monoisotopic (exact) mass is 385 g/mol. The third-order valence-electron chi connectivity index (χ3n) is 5.26. The zero-order valence-corrected chi connectivity index (χ0v) is 16.7. The number of likely N-dealkylation sites (tertiary alicyclic amines) is 1. The van der Waals surface area contributed by atoms with Crippen LogP contribution in [0.2, 0.25) is 0 Å². The fourth-order valence-corrected chi connectivity index (χ4v) is 4.47. The van der Waals surface area contributed by atoms with Gasteiger partial charge in [-0.2, -0.15) is 0 Å². The van der Waals surface area contributed by atoms with E-state index in [4.69, 9.17) is 0 Å². The number of thiophene rings is 1. The lowest BCUT2D eigenvalue weighted by atomic mass is 10.0. The second-order valence-electron chi connectivity index (χ2n) is 7.10. The van der Waals surface area contributed by atoms with E-state index in [9.17, 15) is 9.59 Å². The van der Waals surface area contributed by atoms with E-state index < -0.39 is 0 Å². The van der Waals surface area contributed by atoms with Crippen LogP contribution in [0.1, 0.15) is 17.3 Å². The molecule has 1 N–H and O–H groups in total. The molecular weight excluding hydrogens is 362 g/mol. The van der Waals surface area contributed by atoms with Gasteiger partial charge in [0.1, 0.15) is 0 Å². The number of carbonyl (C=O) groups is 1. The number of rotatable bonds is 3. The Bertz CT molecular complexity index is 1060. The minimum Gasteiger partial charge on any atom is -0.376 e. The molecule has 7 nitrogen and oxygen atoms in total. The van der Waals surface area contributed by atoms with Crippen molar-refractivity contribution in [2.24, 2.45) is 14.1 Å². The summed E-state index contributed by atoms with van der Waals surface area (Å²) in [5, 5.41) is 5.10. The van der Waals surface area contributed by atoms with Crippen molar-refractivity contribution in [3.63, 3.8) is 0 Å². The van der Waals surface area contributed by atoms with Crippen LogP contribution < -0.4 is 15.9 Å². The Balaban J connectivity index is 1.68. The number of carbonyl (C=O) groups excluding carboxylic acids is 1. The zero-order chi connectivity index (χ0) is 19.3. The predicted octanol–water partition coefficient (Wildman–Crippen LogP) is 2.98. The highest BCUT2D eigenvalue weighted by molar-refractivity contribution is 7.10. The molecule has 1 saturated heterocycles. The number of nitrogens with zero attached hydrogens (tertiary/aromatic N) is 4. The summed E-state index contributed by atoms with van der Waals surface area (Å²) in [4.78, 5) is 30.2. The number of fused-ring (bicyclic) bond motifs is 1. The Morgan fingerprint density at radius 3 is 2.48 bits per heavy atom. The lowest BCUT2D eigenvalue weighted by Gasteiger charge is -2.40. The lowest BCUT2D eigenvalue weighted by molar-refractivity contribution is 0.128. The zero-order valence-electron chi connectivity index (χ0n) is 15.9. The van der Waals surface area contributed by atoms with Gasteiger partial charge in [0, 0.05) is 39.6 Å². The summed E-state index contributed by atoms with van der Waals surface area (Å²) in [6.45, 7) is 0.748. The van der Waals surface area contributed by atoms with Crippen molar-refractivity contribution in [3.8, 4) is 0 Å². The average molecular weight is 385 g/mol. The second-order valence-corrected chi connectivity index (χ2v) is 8.08. The Kier molecular flexibility index (Phi) is 4.22. The van der Waals surface area contributed by atoms with Gasteiger partial charge in [0.15, 0.2) is 0 Å². The van der Waals surface area contributed by atoms with Crippen molar-refractivity contribution in [3.05, 3.63) is 45.0 Å². The van der Waals surface area contributed by atoms with Gasteiger partial charge in [0.2, 0.25) is 0 Å². The second kappa shape index (κ2) is 6.45. The van der Waals surface area contributed by atoms with E-state index in [0.29, 0.717) is 5.69 Å². The summed E-state index contributed by atoms with van der Waals surface area (Å²) < 4.78 is 3.22. The molecule has 1 atom stereocenters. The summed E-state index contributed by atoms with van der Waals surface area (Å²) in [7, 11) is 7.35. The van der Waals surface area contributed by atoms with Crippen molar-refractivity contribution in [2.45, 2.75) is 12.5 Å². The molecule has 3 aromatic rings. The number of urea groups is 1. The molecule has 2 aromatic heterocycles. The Morgan fingerprint density at radius 2 is 1.93 bits per heavy atom. The van der Waals surface area contributed by atoms with Crippen LogP contribution in [0.5, 0.6) is 0 Å². The molecule has 0 saturated carbocycles. The van der Waals surface area contributed by atoms with Crippen LogP contribution >= 0.6 is 11.3 Å². The Hall–Kier alpha value is -2.74. The SMILES string of the molecule is CN(C)c1cc2c(cc1NC(=O)N1CC[C@@H]1c1cccs1)n(C)c(=O)n2C. The third kappa shape index (κ3) is 2.80. The first-order chi connectivity index (χ1) is 12.9. The van der Waals surface area contributed by atoms with Crippen molar-refractivity contribution in [1.82, 2.24) is 14.0 Å². The highest BCUT2D eigenvalue weighted by Crippen LogP contribution is 2.37. The van der Waals surface area contributed by atoms with Gasteiger partial charge in [-0.1, -0.05) is 6.07 Å². The van der Waals surface area contributed by atoms with Gasteiger partial charge in [-0.3, -0.25) is 9.13 Å². The Morgan fingerprint density at radius 1 is 1.22 bits per heavy atom. The van der Waals surface area contributed by atoms with E-state index in [0.717, 1.165) is 29.7 Å². The summed E-state index contributed by atoms with van der Waals surface area (Å²) in [5.74, 6) is 0. The highest BCUT2D eigenvalue weighted by Gasteiger charge is 2.34. The van der Waals surface area contributed by atoms with E-state index in [1.54, 1.807) is 34.6 Å². The Labute approximate surface area is 161 Å². The summed E-state index contributed by atoms with van der Waals surface area (Å²) in [6, 6.07) is 7.96. The molecule has 0 bridgehead atoms.